The van der Waals surface area contributed by atoms with Gasteiger partial charge in [-0.05, 0) is 75.0 Å². The molecule has 2 heterocycles. The van der Waals surface area contributed by atoms with Crippen LogP contribution in [0, 0.1) is 28.1 Å². The number of ether oxygens (including phenoxy) is 4. The van der Waals surface area contributed by atoms with Crippen LogP contribution in [0.2, 0.25) is 0 Å². The zero-order valence-electron chi connectivity index (χ0n) is 23.4. The van der Waals surface area contributed by atoms with E-state index in [-0.39, 0.29) is 28.5 Å². The van der Waals surface area contributed by atoms with Gasteiger partial charge in [-0.2, -0.15) is 0 Å². The van der Waals surface area contributed by atoms with Crippen molar-refractivity contribution in [3.8, 4) is 0 Å². The Morgan fingerprint density at radius 2 is 1.68 bits per heavy atom. The van der Waals surface area contributed by atoms with Crippen molar-refractivity contribution in [3.63, 3.8) is 0 Å². The Kier molecular flexibility index (Phi) is 7.19. The average molecular weight is 525 g/mol. The Morgan fingerprint density at radius 1 is 0.946 bits per heavy atom. The molecule has 5 rings (SSSR count). The standard InChI is InChI=1S/C29H48O8/c1-26(2)19-8-7-16-13-28(5,21-15-34-27(3,4)37-21)11-9-17(16)29(19,6)12-10-20(26)36-25-24(33)23(32)22(31)18(14-30)35-25/h13,17-25,30-33H,7-12,14-15H2,1-6H3. The van der Waals surface area contributed by atoms with E-state index in [4.69, 9.17) is 18.9 Å². The van der Waals surface area contributed by atoms with Gasteiger partial charge in [0.15, 0.2) is 12.1 Å². The molecule has 8 nitrogen and oxygen atoms in total. The molecular formula is C29H48O8. The van der Waals surface area contributed by atoms with Gasteiger partial charge >= 0.3 is 0 Å². The lowest BCUT2D eigenvalue weighted by atomic mass is 9.45. The highest BCUT2D eigenvalue weighted by Gasteiger charge is 2.59. The van der Waals surface area contributed by atoms with E-state index in [0.717, 1.165) is 38.5 Å². The molecule has 212 valence electrons. The molecule has 2 saturated carbocycles. The van der Waals surface area contributed by atoms with Crippen LogP contribution in [0.4, 0.5) is 0 Å². The summed E-state index contributed by atoms with van der Waals surface area (Å²) in [6, 6.07) is 0. The highest BCUT2D eigenvalue weighted by atomic mass is 16.7. The Bertz CT molecular complexity index is 885. The van der Waals surface area contributed by atoms with Crippen LogP contribution in [-0.2, 0) is 18.9 Å². The highest BCUT2D eigenvalue weighted by Crippen LogP contribution is 2.64. The van der Waals surface area contributed by atoms with Gasteiger partial charge in [-0.25, -0.2) is 0 Å². The molecule has 3 aliphatic carbocycles. The molecule has 11 unspecified atom stereocenters. The fourth-order valence-electron chi connectivity index (χ4n) is 8.58. The van der Waals surface area contributed by atoms with E-state index < -0.39 is 43.1 Å². The van der Waals surface area contributed by atoms with Crippen molar-refractivity contribution >= 4 is 0 Å². The van der Waals surface area contributed by atoms with Crippen LogP contribution in [0.5, 0.6) is 0 Å². The molecule has 2 saturated heterocycles. The van der Waals surface area contributed by atoms with Gasteiger partial charge in [-0.15, -0.1) is 0 Å². The minimum absolute atomic E-state index is 0.0122. The topological polar surface area (TPSA) is 118 Å². The summed E-state index contributed by atoms with van der Waals surface area (Å²) in [5.74, 6) is 0.443. The summed E-state index contributed by atoms with van der Waals surface area (Å²) in [4.78, 5) is 0. The minimum atomic E-state index is -1.42. The third kappa shape index (κ3) is 4.63. The molecule has 0 aromatic rings. The molecule has 11 atom stereocenters. The summed E-state index contributed by atoms with van der Waals surface area (Å²) < 4.78 is 24.3. The van der Waals surface area contributed by atoms with Gasteiger partial charge in [0, 0.05) is 5.41 Å². The van der Waals surface area contributed by atoms with Gasteiger partial charge < -0.3 is 39.4 Å². The van der Waals surface area contributed by atoms with Gasteiger partial charge in [-0.3, -0.25) is 0 Å². The molecule has 0 bridgehead atoms. The molecule has 0 aromatic carbocycles. The summed E-state index contributed by atoms with van der Waals surface area (Å²) in [6.45, 7) is 13.5. The van der Waals surface area contributed by atoms with E-state index in [1.165, 1.54) is 0 Å². The molecule has 0 aromatic heterocycles. The van der Waals surface area contributed by atoms with Crippen molar-refractivity contribution in [2.75, 3.05) is 13.2 Å². The first-order chi connectivity index (χ1) is 17.2. The predicted octanol–water partition coefficient (Wildman–Crippen LogP) is 2.90. The van der Waals surface area contributed by atoms with Gasteiger partial charge in [0.2, 0.25) is 0 Å². The Labute approximate surface area is 221 Å². The van der Waals surface area contributed by atoms with E-state index >= 15 is 0 Å². The number of allylic oxidation sites excluding steroid dienone is 1. The predicted molar refractivity (Wildman–Crippen MR) is 136 cm³/mol. The lowest BCUT2D eigenvalue weighted by molar-refractivity contribution is -0.327. The maximum absolute atomic E-state index is 10.6. The van der Waals surface area contributed by atoms with Crippen LogP contribution in [0.1, 0.15) is 80.1 Å². The monoisotopic (exact) mass is 524 g/mol. The smallest absolute Gasteiger partial charge is 0.186 e. The largest absolute Gasteiger partial charge is 0.394 e. The lowest BCUT2D eigenvalue weighted by Crippen LogP contribution is -2.62. The average Bonchev–Trinajstić information content (AvgIpc) is 3.21. The minimum Gasteiger partial charge on any atom is -0.394 e. The Balaban J connectivity index is 1.32. The van der Waals surface area contributed by atoms with Gasteiger partial charge in [0.1, 0.15) is 24.4 Å². The van der Waals surface area contributed by atoms with E-state index in [1.807, 2.05) is 13.8 Å². The SMILES string of the molecule is CC1(C)OCC(C2(C)C=C3CCC4C(C)(C)C(OC5OC(CO)C(O)C(O)C5O)CCC4(C)C3CC2)O1. The van der Waals surface area contributed by atoms with Crippen molar-refractivity contribution in [1.82, 2.24) is 0 Å². The second kappa shape index (κ2) is 9.51. The molecule has 0 radical (unpaired) electrons. The first kappa shape index (κ1) is 28.0. The summed E-state index contributed by atoms with van der Waals surface area (Å²) in [7, 11) is 0. The van der Waals surface area contributed by atoms with Crippen molar-refractivity contribution < 1.29 is 39.4 Å². The van der Waals surface area contributed by atoms with Crippen molar-refractivity contribution in [2.45, 2.75) is 129 Å². The van der Waals surface area contributed by atoms with Gasteiger partial charge in [0.05, 0.1) is 25.4 Å². The third-order valence-electron chi connectivity index (χ3n) is 10.8. The fraction of sp³-hybridized carbons (Fsp3) is 0.931. The molecule has 37 heavy (non-hydrogen) atoms. The molecule has 4 fully saturated rings. The van der Waals surface area contributed by atoms with Crippen LogP contribution < -0.4 is 0 Å². The number of hydrogen-bond donors (Lipinski definition) is 4. The number of aliphatic hydroxyl groups excluding tert-OH is 4. The normalized spacial score (nSPS) is 51.2. The Morgan fingerprint density at radius 3 is 2.32 bits per heavy atom. The van der Waals surface area contributed by atoms with Crippen molar-refractivity contribution in [3.05, 3.63) is 11.6 Å². The van der Waals surface area contributed by atoms with Crippen LogP contribution in [0.25, 0.3) is 0 Å². The van der Waals surface area contributed by atoms with E-state index in [0.29, 0.717) is 18.4 Å². The number of hydrogen-bond acceptors (Lipinski definition) is 8. The summed E-state index contributed by atoms with van der Waals surface area (Å²) >= 11 is 0. The molecule has 8 heteroatoms. The van der Waals surface area contributed by atoms with Crippen LogP contribution in [-0.4, -0.2) is 82.3 Å². The molecule has 5 aliphatic rings. The van der Waals surface area contributed by atoms with Crippen LogP contribution in [0.15, 0.2) is 11.6 Å². The zero-order chi connectivity index (χ0) is 27.0. The third-order valence-corrected chi connectivity index (χ3v) is 10.8. The maximum atomic E-state index is 10.6. The van der Waals surface area contributed by atoms with Gasteiger partial charge in [0.25, 0.3) is 0 Å². The lowest BCUT2D eigenvalue weighted by Gasteiger charge is -2.62. The van der Waals surface area contributed by atoms with Crippen LogP contribution >= 0.6 is 0 Å². The van der Waals surface area contributed by atoms with Crippen molar-refractivity contribution in [1.29, 1.82) is 0 Å². The first-order valence-electron chi connectivity index (χ1n) is 14.2. The summed E-state index contributed by atoms with van der Waals surface area (Å²) in [5.41, 5.74) is 1.54. The Hall–Kier alpha value is -0.580. The fourth-order valence-corrected chi connectivity index (χ4v) is 8.58. The molecule has 0 spiro atoms. The van der Waals surface area contributed by atoms with E-state index in [9.17, 15) is 20.4 Å². The molecule has 0 amide bonds. The molecule has 4 N–H and O–H groups in total. The highest BCUT2D eigenvalue weighted by molar-refractivity contribution is 5.26. The number of fused-ring (bicyclic) bond motifs is 3. The van der Waals surface area contributed by atoms with Crippen LogP contribution in [0.3, 0.4) is 0 Å². The zero-order valence-corrected chi connectivity index (χ0v) is 23.4. The van der Waals surface area contributed by atoms with E-state index in [2.05, 4.69) is 33.8 Å². The summed E-state index contributed by atoms with van der Waals surface area (Å²) in [6.07, 6.45) is 2.42. The van der Waals surface area contributed by atoms with Crippen molar-refractivity contribution in [2.24, 2.45) is 28.1 Å². The first-order valence-corrected chi connectivity index (χ1v) is 14.2. The van der Waals surface area contributed by atoms with Gasteiger partial charge in [-0.1, -0.05) is 39.3 Å². The molecular weight excluding hydrogens is 476 g/mol. The maximum Gasteiger partial charge on any atom is 0.186 e. The second-order valence-electron chi connectivity index (χ2n) is 13.9. The summed E-state index contributed by atoms with van der Waals surface area (Å²) in [5, 5.41) is 40.5. The quantitative estimate of drug-likeness (QED) is 0.328. The number of aliphatic hydroxyl groups is 4. The second-order valence-corrected chi connectivity index (χ2v) is 13.9. The van der Waals surface area contributed by atoms with E-state index in [1.54, 1.807) is 5.57 Å². The number of rotatable bonds is 4. The molecule has 2 aliphatic heterocycles.